The van der Waals surface area contributed by atoms with Crippen LogP contribution >= 0.6 is 0 Å². The van der Waals surface area contributed by atoms with Crippen molar-refractivity contribution in [3.8, 4) is 0 Å². The molecule has 1 aliphatic carbocycles. The van der Waals surface area contributed by atoms with Gasteiger partial charge in [0, 0.05) is 44.8 Å². The summed E-state index contributed by atoms with van der Waals surface area (Å²) in [4.78, 5) is 29.4. The number of carbonyl (C=O) groups excluding carboxylic acids is 2. The maximum atomic E-state index is 13.0. The van der Waals surface area contributed by atoms with Crippen molar-refractivity contribution in [3.05, 3.63) is 24.3 Å². The quantitative estimate of drug-likeness (QED) is 0.566. The number of carbonyl (C=O) groups is 2. The van der Waals surface area contributed by atoms with E-state index >= 15 is 0 Å². The molecular weight excluding hydrogens is 402 g/mol. The zero-order valence-corrected chi connectivity index (χ0v) is 19.0. The summed E-state index contributed by atoms with van der Waals surface area (Å²) in [7, 11) is -3.53. The molecule has 1 aromatic rings. The third kappa shape index (κ3) is 4.86. The second-order valence-electron chi connectivity index (χ2n) is 8.22. The molecule has 8 heteroatoms. The Bertz CT molecular complexity index is 861. The molecule has 0 radical (unpaired) electrons. The molecule has 1 saturated carbocycles. The SMILES string of the molecule is CCCN(CC1CC1)C(=O)C1CC(=O)N(c2ccc(S(=O)(=O)N(CC)CC)cc2)C1. The molecule has 0 bridgehead atoms. The van der Waals surface area contributed by atoms with Gasteiger partial charge in [-0.05, 0) is 49.4 Å². The molecule has 30 heavy (non-hydrogen) atoms. The van der Waals surface area contributed by atoms with Crippen LogP contribution in [0.3, 0.4) is 0 Å². The maximum Gasteiger partial charge on any atom is 0.243 e. The molecule has 3 rings (SSSR count). The van der Waals surface area contributed by atoms with Gasteiger partial charge in [-0.3, -0.25) is 9.59 Å². The molecule has 1 saturated heterocycles. The minimum atomic E-state index is -3.53. The first-order valence-corrected chi connectivity index (χ1v) is 12.4. The third-order valence-corrected chi connectivity index (χ3v) is 8.01. The molecular formula is C22H33N3O4S. The normalized spacial score (nSPS) is 19.5. The number of nitrogens with zero attached hydrogens (tertiary/aromatic N) is 3. The molecule has 0 aromatic heterocycles. The standard InChI is InChI=1S/C22H33N3O4S/c1-4-13-23(15-17-7-8-17)22(27)18-14-21(26)25(16-18)19-9-11-20(12-10-19)30(28,29)24(5-2)6-3/h9-12,17-18H,4-8,13-16H2,1-3H3. The Hall–Kier alpha value is -1.93. The van der Waals surface area contributed by atoms with Crippen LogP contribution < -0.4 is 4.90 Å². The highest BCUT2D eigenvalue weighted by Crippen LogP contribution is 2.32. The van der Waals surface area contributed by atoms with Crippen molar-refractivity contribution in [1.82, 2.24) is 9.21 Å². The predicted molar refractivity (Wildman–Crippen MR) is 117 cm³/mol. The van der Waals surface area contributed by atoms with Crippen LogP contribution in [0.15, 0.2) is 29.2 Å². The lowest BCUT2D eigenvalue weighted by Gasteiger charge is -2.25. The number of benzene rings is 1. The van der Waals surface area contributed by atoms with E-state index in [1.54, 1.807) is 43.0 Å². The van der Waals surface area contributed by atoms with E-state index in [2.05, 4.69) is 6.92 Å². The first kappa shape index (κ1) is 22.7. The summed E-state index contributed by atoms with van der Waals surface area (Å²) in [6, 6.07) is 6.41. The number of hydrogen-bond donors (Lipinski definition) is 0. The molecule has 1 aromatic carbocycles. The van der Waals surface area contributed by atoms with Crippen LogP contribution in [0.2, 0.25) is 0 Å². The molecule has 2 fully saturated rings. The summed E-state index contributed by atoms with van der Waals surface area (Å²) in [5.74, 6) is 0.270. The van der Waals surface area contributed by atoms with Gasteiger partial charge in [0.25, 0.3) is 0 Å². The zero-order chi connectivity index (χ0) is 21.9. The minimum absolute atomic E-state index is 0.0698. The summed E-state index contributed by atoms with van der Waals surface area (Å²) >= 11 is 0. The summed E-state index contributed by atoms with van der Waals surface area (Å²) < 4.78 is 26.7. The van der Waals surface area contributed by atoms with Crippen molar-refractivity contribution in [2.75, 3.05) is 37.6 Å². The van der Waals surface area contributed by atoms with Crippen molar-refractivity contribution in [1.29, 1.82) is 0 Å². The molecule has 1 aliphatic heterocycles. The second-order valence-corrected chi connectivity index (χ2v) is 10.2. The summed E-state index contributed by atoms with van der Waals surface area (Å²) in [5.41, 5.74) is 0.637. The van der Waals surface area contributed by atoms with Gasteiger partial charge in [0.15, 0.2) is 0 Å². The molecule has 0 N–H and O–H groups in total. The average molecular weight is 436 g/mol. The lowest BCUT2D eigenvalue weighted by atomic mass is 10.1. The Morgan fingerprint density at radius 3 is 2.27 bits per heavy atom. The van der Waals surface area contributed by atoms with Crippen molar-refractivity contribution in [3.63, 3.8) is 0 Å². The number of anilines is 1. The Kier molecular flexibility index (Phi) is 7.18. The topological polar surface area (TPSA) is 78.0 Å². The van der Waals surface area contributed by atoms with Gasteiger partial charge in [0.1, 0.15) is 0 Å². The molecule has 0 spiro atoms. The van der Waals surface area contributed by atoms with Crippen molar-refractivity contribution in [2.45, 2.75) is 51.3 Å². The van der Waals surface area contributed by atoms with Crippen LogP contribution in [0.25, 0.3) is 0 Å². The fraction of sp³-hybridized carbons (Fsp3) is 0.636. The fourth-order valence-electron chi connectivity index (χ4n) is 4.06. The minimum Gasteiger partial charge on any atom is -0.342 e. The van der Waals surface area contributed by atoms with Gasteiger partial charge in [-0.25, -0.2) is 8.42 Å². The molecule has 1 atom stereocenters. The number of rotatable bonds is 10. The highest BCUT2D eigenvalue weighted by Gasteiger charge is 2.38. The number of hydrogen-bond acceptors (Lipinski definition) is 4. The van der Waals surface area contributed by atoms with E-state index in [9.17, 15) is 18.0 Å². The third-order valence-electron chi connectivity index (χ3n) is 5.95. The molecule has 7 nitrogen and oxygen atoms in total. The first-order valence-electron chi connectivity index (χ1n) is 11.0. The highest BCUT2D eigenvalue weighted by molar-refractivity contribution is 7.89. The smallest absolute Gasteiger partial charge is 0.243 e. The largest absolute Gasteiger partial charge is 0.342 e. The molecule has 2 aliphatic rings. The number of sulfonamides is 1. The molecule has 2 amide bonds. The molecule has 166 valence electrons. The van der Waals surface area contributed by atoms with Gasteiger partial charge in [0.05, 0.1) is 10.8 Å². The Morgan fingerprint density at radius 2 is 1.73 bits per heavy atom. The van der Waals surface area contributed by atoms with Gasteiger partial charge in [-0.1, -0.05) is 20.8 Å². The Balaban J connectivity index is 1.71. The van der Waals surface area contributed by atoms with Gasteiger partial charge >= 0.3 is 0 Å². The Labute approximate surface area is 180 Å². The lowest BCUT2D eigenvalue weighted by Crippen LogP contribution is -2.39. The van der Waals surface area contributed by atoms with E-state index in [1.165, 1.54) is 17.1 Å². The molecule has 1 heterocycles. The van der Waals surface area contributed by atoms with Crippen LogP contribution in [0.5, 0.6) is 0 Å². The van der Waals surface area contributed by atoms with E-state index in [4.69, 9.17) is 0 Å². The van der Waals surface area contributed by atoms with Crippen LogP contribution in [-0.2, 0) is 19.6 Å². The summed E-state index contributed by atoms with van der Waals surface area (Å²) in [6.07, 6.45) is 3.49. The number of amides is 2. The monoisotopic (exact) mass is 435 g/mol. The van der Waals surface area contributed by atoms with Gasteiger partial charge in [0.2, 0.25) is 21.8 Å². The summed E-state index contributed by atoms with van der Waals surface area (Å²) in [6.45, 7) is 8.38. The van der Waals surface area contributed by atoms with Crippen molar-refractivity contribution >= 4 is 27.5 Å². The summed E-state index contributed by atoms with van der Waals surface area (Å²) in [5, 5.41) is 0. The van der Waals surface area contributed by atoms with E-state index in [0.717, 1.165) is 19.5 Å². The van der Waals surface area contributed by atoms with Crippen LogP contribution in [0.4, 0.5) is 5.69 Å². The lowest BCUT2D eigenvalue weighted by molar-refractivity contribution is -0.136. The van der Waals surface area contributed by atoms with E-state index < -0.39 is 10.0 Å². The first-order chi connectivity index (χ1) is 14.3. The van der Waals surface area contributed by atoms with Crippen molar-refractivity contribution in [2.24, 2.45) is 11.8 Å². The maximum absolute atomic E-state index is 13.0. The zero-order valence-electron chi connectivity index (χ0n) is 18.2. The van der Waals surface area contributed by atoms with E-state index in [-0.39, 0.29) is 29.0 Å². The van der Waals surface area contributed by atoms with Gasteiger partial charge in [-0.15, -0.1) is 0 Å². The van der Waals surface area contributed by atoms with Gasteiger partial charge in [-0.2, -0.15) is 4.31 Å². The van der Waals surface area contributed by atoms with Crippen LogP contribution in [0.1, 0.15) is 46.5 Å². The van der Waals surface area contributed by atoms with Crippen LogP contribution in [-0.4, -0.2) is 62.2 Å². The Morgan fingerprint density at radius 1 is 1.10 bits per heavy atom. The second kappa shape index (κ2) is 9.47. The predicted octanol–water partition coefficient (Wildman–Crippen LogP) is 2.72. The van der Waals surface area contributed by atoms with E-state index in [1.807, 2.05) is 4.90 Å². The fourth-order valence-corrected chi connectivity index (χ4v) is 5.52. The molecule has 1 unspecified atom stereocenters. The van der Waals surface area contributed by atoms with Gasteiger partial charge < -0.3 is 9.80 Å². The van der Waals surface area contributed by atoms with E-state index in [0.29, 0.717) is 31.2 Å². The van der Waals surface area contributed by atoms with Crippen LogP contribution in [0, 0.1) is 11.8 Å². The average Bonchev–Trinajstić information content (AvgIpc) is 3.47. The van der Waals surface area contributed by atoms with Crippen molar-refractivity contribution < 1.29 is 18.0 Å². The highest BCUT2D eigenvalue weighted by atomic mass is 32.2.